The van der Waals surface area contributed by atoms with Gasteiger partial charge in [-0.2, -0.15) is 0 Å². The van der Waals surface area contributed by atoms with Gasteiger partial charge in [-0.05, 0) is 47.3 Å². The Bertz CT molecular complexity index is 1580. The molecule has 0 saturated carbocycles. The van der Waals surface area contributed by atoms with Crippen LogP contribution in [0.15, 0.2) is 133 Å². The summed E-state index contributed by atoms with van der Waals surface area (Å²) < 4.78 is 0. The van der Waals surface area contributed by atoms with Crippen molar-refractivity contribution in [1.82, 2.24) is 9.97 Å². The van der Waals surface area contributed by atoms with Gasteiger partial charge < -0.3 is 5.11 Å². The number of aromatic nitrogens is 2. The zero-order valence-corrected chi connectivity index (χ0v) is 24.6. The number of allylic oxidation sites excluding steroid dienone is 2. The summed E-state index contributed by atoms with van der Waals surface area (Å²) in [5.41, 5.74) is 6.06. The van der Waals surface area contributed by atoms with E-state index in [1.165, 1.54) is 24.6 Å². The summed E-state index contributed by atoms with van der Waals surface area (Å²) >= 11 is 0. The second kappa shape index (κ2) is 15.2. The van der Waals surface area contributed by atoms with Crippen LogP contribution in [0.2, 0.25) is 0 Å². The quantitative estimate of drug-likeness (QED) is 0.111. The Morgan fingerprint density at radius 1 is 0.625 bits per heavy atom. The third-order valence-electron chi connectivity index (χ3n) is 5.57. The minimum atomic E-state index is -0.187. The van der Waals surface area contributed by atoms with Crippen molar-refractivity contribution in [3.8, 4) is 22.5 Å². The second-order valence-electron chi connectivity index (χ2n) is 8.70. The third kappa shape index (κ3) is 8.81. The van der Waals surface area contributed by atoms with E-state index >= 15 is 0 Å². The van der Waals surface area contributed by atoms with E-state index in [2.05, 4.69) is 46.4 Å². The molecule has 0 radical (unpaired) electrons. The molecular formula is C35H27IrN2O2. The molecule has 2 heterocycles. The van der Waals surface area contributed by atoms with Gasteiger partial charge in [0.1, 0.15) is 0 Å². The first-order valence-electron chi connectivity index (χ1n) is 12.5. The molecule has 2 aromatic heterocycles. The number of fused-ring (bicyclic) bond motifs is 2. The minimum absolute atomic E-state index is 0. The van der Waals surface area contributed by atoms with Crippen molar-refractivity contribution in [2.24, 2.45) is 0 Å². The Morgan fingerprint density at radius 2 is 1.05 bits per heavy atom. The summed E-state index contributed by atoms with van der Waals surface area (Å²) in [5.74, 6) is -0.375. The molecule has 0 fully saturated rings. The Hall–Kier alpha value is -4.44. The topological polar surface area (TPSA) is 65.9 Å². The van der Waals surface area contributed by atoms with Crippen molar-refractivity contribution in [2.45, 2.75) is 13.8 Å². The van der Waals surface area contributed by atoms with E-state index in [0.29, 0.717) is 0 Å². The van der Waals surface area contributed by atoms with Crippen LogP contribution in [0.25, 0.3) is 44.3 Å². The smallest absolute Gasteiger partial charge is 0.876 e. The SMILES string of the molecule is CC(=O)/C=C(/C)[O-].[Ir+3].[c-]1ccccc1-c1ccc2ccccc2n1.[c-]1ccccc1-c1ccc2ccccc2n1. The number of benzene rings is 4. The number of nitrogens with zero attached hydrogens (tertiary/aromatic N) is 2. The average Bonchev–Trinajstić information content (AvgIpc) is 2.97. The number of carbonyl (C=O) groups is 1. The summed E-state index contributed by atoms with van der Waals surface area (Å²) in [6, 6.07) is 46.7. The molecule has 6 aromatic rings. The van der Waals surface area contributed by atoms with Gasteiger partial charge in [-0.25, -0.2) is 0 Å². The van der Waals surface area contributed by atoms with Gasteiger partial charge in [0.05, 0.1) is 11.0 Å². The molecule has 40 heavy (non-hydrogen) atoms. The molecule has 4 aromatic carbocycles. The molecule has 0 N–H and O–H groups in total. The van der Waals surface area contributed by atoms with Gasteiger partial charge in [-0.15, -0.1) is 77.5 Å². The van der Waals surface area contributed by atoms with Crippen LogP contribution in [0.3, 0.4) is 0 Å². The molecule has 5 heteroatoms. The molecule has 0 saturated heterocycles. The molecule has 0 aliphatic rings. The summed E-state index contributed by atoms with van der Waals surface area (Å²) in [4.78, 5) is 19.2. The van der Waals surface area contributed by atoms with E-state index in [1.807, 2.05) is 97.1 Å². The zero-order valence-electron chi connectivity index (χ0n) is 22.2. The molecule has 6 rings (SSSR count). The number of hydrogen-bond acceptors (Lipinski definition) is 4. The van der Waals surface area contributed by atoms with Crippen LogP contribution in [0.5, 0.6) is 0 Å². The summed E-state index contributed by atoms with van der Waals surface area (Å²) in [5, 5.41) is 12.3. The fraction of sp³-hybridized carbons (Fsp3) is 0.0571. The molecule has 0 aliphatic carbocycles. The molecule has 4 nitrogen and oxygen atoms in total. The second-order valence-corrected chi connectivity index (χ2v) is 8.70. The number of pyridine rings is 2. The van der Waals surface area contributed by atoms with Crippen LogP contribution >= 0.6 is 0 Å². The van der Waals surface area contributed by atoms with Gasteiger partial charge >= 0.3 is 20.1 Å². The molecule has 0 unspecified atom stereocenters. The van der Waals surface area contributed by atoms with Crippen LogP contribution in [-0.4, -0.2) is 15.8 Å². The summed E-state index contributed by atoms with van der Waals surface area (Å²) in [6.07, 6.45) is 1.06. The Kier molecular flexibility index (Phi) is 11.5. The van der Waals surface area contributed by atoms with Crippen LogP contribution in [0, 0.1) is 12.1 Å². The van der Waals surface area contributed by atoms with Crippen molar-refractivity contribution in [1.29, 1.82) is 0 Å². The van der Waals surface area contributed by atoms with Crippen LogP contribution in [0.1, 0.15) is 13.8 Å². The number of ketones is 1. The first kappa shape index (κ1) is 30.1. The monoisotopic (exact) mass is 700 g/mol. The fourth-order valence-electron chi connectivity index (χ4n) is 3.82. The third-order valence-corrected chi connectivity index (χ3v) is 5.57. The first-order chi connectivity index (χ1) is 19.0. The molecule has 0 amide bonds. The van der Waals surface area contributed by atoms with Crippen molar-refractivity contribution in [2.75, 3.05) is 0 Å². The normalized spacial score (nSPS) is 10.4. The maximum atomic E-state index is 9.98. The van der Waals surface area contributed by atoms with E-state index in [1.54, 1.807) is 0 Å². The van der Waals surface area contributed by atoms with Gasteiger partial charge in [0.15, 0.2) is 5.78 Å². The Morgan fingerprint density at radius 3 is 1.40 bits per heavy atom. The number of hydrogen-bond donors (Lipinski definition) is 0. The van der Waals surface area contributed by atoms with Crippen LogP contribution < -0.4 is 5.11 Å². The van der Waals surface area contributed by atoms with Gasteiger partial charge in [0.2, 0.25) is 0 Å². The van der Waals surface area contributed by atoms with Gasteiger partial charge in [-0.3, -0.25) is 14.8 Å². The number of para-hydroxylation sites is 2. The number of rotatable bonds is 3. The van der Waals surface area contributed by atoms with E-state index in [0.717, 1.165) is 39.6 Å². The average molecular weight is 700 g/mol. The fourth-order valence-corrected chi connectivity index (χ4v) is 3.82. The van der Waals surface area contributed by atoms with Crippen molar-refractivity contribution < 1.29 is 30.0 Å². The van der Waals surface area contributed by atoms with Crippen LogP contribution in [-0.2, 0) is 24.9 Å². The predicted molar refractivity (Wildman–Crippen MR) is 156 cm³/mol. The maximum Gasteiger partial charge on any atom is 3.00 e. The molecule has 0 spiro atoms. The standard InChI is InChI=1S/2C15H10N.C5H8O2.Ir/c2*1-2-6-12(7-3-1)15-11-10-13-8-4-5-9-14(13)16-15;1-4(6)3-5(2)7;/h2*1-6,8-11H;3,6H,1-2H3;/q2*-1;;+3/p-1/b;;4-3-;. The molecule has 0 atom stereocenters. The van der Waals surface area contributed by atoms with Crippen molar-refractivity contribution in [3.63, 3.8) is 0 Å². The van der Waals surface area contributed by atoms with E-state index in [4.69, 9.17) is 0 Å². The Labute approximate surface area is 248 Å². The number of carbonyl (C=O) groups excluding carboxylic acids is 1. The van der Waals surface area contributed by atoms with Gasteiger partial charge in [-0.1, -0.05) is 67.6 Å². The predicted octanol–water partition coefficient (Wildman–Crippen LogP) is 7.24. The molecule has 198 valence electrons. The Balaban J connectivity index is 0.000000177. The summed E-state index contributed by atoms with van der Waals surface area (Å²) in [7, 11) is 0. The van der Waals surface area contributed by atoms with Crippen molar-refractivity contribution in [3.05, 3.63) is 145 Å². The summed E-state index contributed by atoms with van der Waals surface area (Å²) in [6.45, 7) is 2.70. The van der Waals surface area contributed by atoms with E-state index in [9.17, 15) is 9.90 Å². The van der Waals surface area contributed by atoms with Crippen molar-refractivity contribution >= 4 is 27.6 Å². The zero-order chi connectivity index (χ0) is 27.5. The van der Waals surface area contributed by atoms with E-state index in [-0.39, 0.29) is 31.6 Å². The van der Waals surface area contributed by atoms with Gasteiger partial charge in [0, 0.05) is 0 Å². The largest absolute Gasteiger partial charge is 3.00 e. The van der Waals surface area contributed by atoms with Gasteiger partial charge in [0.25, 0.3) is 0 Å². The first-order valence-corrected chi connectivity index (χ1v) is 12.5. The molecular weight excluding hydrogens is 673 g/mol. The minimum Gasteiger partial charge on any atom is -0.876 e. The molecule has 0 bridgehead atoms. The maximum absolute atomic E-state index is 9.98. The van der Waals surface area contributed by atoms with E-state index < -0.39 is 0 Å². The van der Waals surface area contributed by atoms with Crippen LogP contribution in [0.4, 0.5) is 0 Å². The molecule has 0 aliphatic heterocycles.